The van der Waals surface area contributed by atoms with E-state index in [0.717, 1.165) is 0 Å². The van der Waals surface area contributed by atoms with Crippen LogP contribution in [0.4, 0.5) is 11.4 Å². The van der Waals surface area contributed by atoms with Crippen LogP contribution in [-0.2, 0) is 10.0 Å². The van der Waals surface area contributed by atoms with Crippen LogP contribution in [0.3, 0.4) is 0 Å². The van der Waals surface area contributed by atoms with Crippen molar-refractivity contribution in [1.82, 2.24) is 4.31 Å². The third-order valence-corrected chi connectivity index (χ3v) is 6.39. The fourth-order valence-corrected chi connectivity index (χ4v) is 4.92. The second kappa shape index (κ2) is 10.0. The van der Waals surface area contributed by atoms with Gasteiger partial charge in [-0.15, -0.1) is 0 Å². The molecule has 0 aliphatic carbocycles. The van der Waals surface area contributed by atoms with E-state index in [1.807, 2.05) is 27.7 Å². The van der Waals surface area contributed by atoms with Crippen molar-refractivity contribution < 1.29 is 18.1 Å². The molecular formula is C22H29N3O5S. The van der Waals surface area contributed by atoms with Crippen molar-refractivity contribution >= 4 is 27.3 Å². The van der Waals surface area contributed by atoms with E-state index in [9.17, 15) is 23.3 Å². The van der Waals surface area contributed by atoms with Crippen LogP contribution in [0.15, 0.2) is 47.4 Å². The van der Waals surface area contributed by atoms with Gasteiger partial charge in [0.1, 0.15) is 0 Å². The van der Waals surface area contributed by atoms with Crippen molar-refractivity contribution in [3.63, 3.8) is 0 Å². The molecule has 2 rings (SSSR count). The number of sulfonamides is 1. The number of nitro groups is 1. The van der Waals surface area contributed by atoms with Crippen LogP contribution in [0, 0.1) is 28.9 Å². The number of rotatable bonds is 9. The molecule has 1 amide bonds. The zero-order valence-electron chi connectivity index (χ0n) is 18.5. The number of nitro benzene ring substituents is 1. The van der Waals surface area contributed by atoms with Crippen molar-refractivity contribution in [1.29, 1.82) is 0 Å². The molecule has 0 fully saturated rings. The molecule has 0 unspecified atom stereocenters. The zero-order chi connectivity index (χ0) is 23.3. The van der Waals surface area contributed by atoms with Gasteiger partial charge < -0.3 is 5.32 Å². The Hall–Kier alpha value is -2.78. The van der Waals surface area contributed by atoms with Gasteiger partial charge in [-0.3, -0.25) is 14.9 Å². The minimum atomic E-state index is -3.65. The Morgan fingerprint density at radius 3 is 2.03 bits per heavy atom. The van der Waals surface area contributed by atoms with Crippen molar-refractivity contribution in [3.8, 4) is 0 Å². The number of carbonyl (C=O) groups excluding carboxylic acids is 1. The summed E-state index contributed by atoms with van der Waals surface area (Å²) in [5.41, 5.74) is 1.03. The summed E-state index contributed by atoms with van der Waals surface area (Å²) in [6.45, 7) is 10.3. The third kappa shape index (κ3) is 6.35. The number of anilines is 1. The molecular weight excluding hydrogens is 418 g/mol. The minimum Gasteiger partial charge on any atom is -0.322 e. The summed E-state index contributed by atoms with van der Waals surface area (Å²) in [4.78, 5) is 23.1. The van der Waals surface area contributed by atoms with E-state index in [4.69, 9.17) is 0 Å². The van der Waals surface area contributed by atoms with Crippen LogP contribution in [0.25, 0.3) is 0 Å². The van der Waals surface area contributed by atoms with E-state index in [1.165, 1.54) is 46.8 Å². The van der Waals surface area contributed by atoms with Gasteiger partial charge in [-0.1, -0.05) is 27.7 Å². The summed E-state index contributed by atoms with van der Waals surface area (Å²) in [5.74, 6) is -0.0515. The van der Waals surface area contributed by atoms with Crippen LogP contribution >= 0.6 is 0 Å². The molecule has 31 heavy (non-hydrogen) atoms. The van der Waals surface area contributed by atoms with E-state index in [-0.39, 0.29) is 28.0 Å². The maximum Gasteiger partial charge on any atom is 0.272 e. The lowest BCUT2D eigenvalue weighted by Gasteiger charge is -2.25. The standard InChI is InChI=1S/C22H29N3O5S/c1-15(2)13-24(14-16(3)4)31(29,30)20-9-7-19(8-10-20)23-22(26)18-6-11-21(25(27)28)17(5)12-18/h6-12,15-16H,13-14H2,1-5H3,(H,23,26). The molecule has 0 atom stereocenters. The molecule has 2 aromatic rings. The molecule has 0 aliphatic rings. The van der Waals surface area contributed by atoms with Gasteiger partial charge in [-0.05, 0) is 55.2 Å². The molecule has 168 valence electrons. The summed E-state index contributed by atoms with van der Waals surface area (Å²) in [6, 6.07) is 10.1. The highest BCUT2D eigenvalue weighted by molar-refractivity contribution is 7.89. The Labute approximate surface area is 183 Å². The monoisotopic (exact) mass is 447 g/mol. The first-order chi connectivity index (χ1) is 14.4. The van der Waals surface area contributed by atoms with Crippen LogP contribution in [0.5, 0.6) is 0 Å². The van der Waals surface area contributed by atoms with Crippen molar-refractivity contribution in [3.05, 3.63) is 63.7 Å². The predicted molar refractivity (Wildman–Crippen MR) is 121 cm³/mol. The maximum absolute atomic E-state index is 13.1. The Morgan fingerprint density at radius 2 is 1.58 bits per heavy atom. The van der Waals surface area contributed by atoms with Gasteiger partial charge in [0.2, 0.25) is 10.0 Å². The Kier molecular flexibility index (Phi) is 7.91. The highest BCUT2D eigenvalue weighted by Gasteiger charge is 2.26. The van der Waals surface area contributed by atoms with Crippen LogP contribution < -0.4 is 5.32 Å². The van der Waals surface area contributed by atoms with E-state index in [2.05, 4.69) is 5.32 Å². The molecule has 0 bridgehead atoms. The van der Waals surface area contributed by atoms with E-state index in [0.29, 0.717) is 24.3 Å². The topological polar surface area (TPSA) is 110 Å². The van der Waals surface area contributed by atoms with E-state index < -0.39 is 20.9 Å². The molecule has 0 heterocycles. The van der Waals surface area contributed by atoms with E-state index in [1.54, 1.807) is 6.92 Å². The number of hydrogen-bond acceptors (Lipinski definition) is 5. The molecule has 2 aromatic carbocycles. The Morgan fingerprint density at radius 1 is 1.03 bits per heavy atom. The van der Waals surface area contributed by atoms with Crippen molar-refractivity contribution in [2.75, 3.05) is 18.4 Å². The fourth-order valence-electron chi connectivity index (χ4n) is 3.15. The van der Waals surface area contributed by atoms with Gasteiger partial charge in [0, 0.05) is 36.0 Å². The Bertz CT molecular complexity index is 1040. The smallest absolute Gasteiger partial charge is 0.272 e. The largest absolute Gasteiger partial charge is 0.322 e. The second-order valence-electron chi connectivity index (χ2n) is 8.35. The quantitative estimate of drug-likeness (QED) is 0.451. The predicted octanol–water partition coefficient (Wildman–Crippen LogP) is 4.46. The lowest BCUT2D eigenvalue weighted by atomic mass is 10.1. The SMILES string of the molecule is Cc1cc(C(=O)Nc2ccc(S(=O)(=O)N(CC(C)C)CC(C)C)cc2)ccc1[N+](=O)[O-]. The number of nitrogens with one attached hydrogen (secondary N) is 1. The lowest BCUT2D eigenvalue weighted by molar-refractivity contribution is -0.385. The number of benzene rings is 2. The number of nitrogens with zero attached hydrogens (tertiary/aromatic N) is 2. The number of carbonyl (C=O) groups is 1. The van der Waals surface area contributed by atoms with Gasteiger partial charge in [-0.25, -0.2) is 8.42 Å². The molecule has 0 saturated heterocycles. The molecule has 9 heteroatoms. The Balaban J connectivity index is 2.19. The summed E-state index contributed by atoms with van der Waals surface area (Å²) in [6.07, 6.45) is 0. The lowest BCUT2D eigenvalue weighted by Crippen LogP contribution is -2.37. The molecule has 8 nitrogen and oxygen atoms in total. The van der Waals surface area contributed by atoms with E-state index >= 15 is 0 Å². The number of amides is 1. The van der Waals surface area contributed by atoms with Gasteiger partial charge >= 0.3 is 0 Å². The number of aryl methyl sites for hydroxylation is 1. The summed E-state index contributed by atoms with van der Waals surface area (Å²) in [5, 5.41) is 13.6. The molecule has 0 spiro atoms. The maximum atomic E-state index is 13.1. The summed E-state index contributed by atoms with van der Waals surface area (Å²) < 4.78 is 27.6. The first kappa shape index (κ1) is 24.5. The van der Waals surface area contributed by atoms with Crippen LogP contribution in [0.1, 0.15) is 43.6 Å². The van der Waals surface area contributed by atoms with Gasteiger partial charge in [-0.2, -0.15) is 4.31 Å². The normalized spacial score (nSPS) is 11.9. The summed E-state index contributed by atoms with van der Waals surface area (Å²) in [7, 11) is -3.65. The minimum absolute atomic E-state index is 0.0570. The van der Waals surface area contributed by atoms with Gasteiger partial charge in [0.25, 0.3) is 11.6 Å². The van der Waals surface area contributed by atoms with Gasteiger partial charge in [0.05, 0.1) is 9.82 Å². The third-order valence-electron chi connectivity index (χ3n) is 4.54. The molecule has 1 N–H and O–H groups in total. The first-order valence-electron chi connectivity index (χ1n) is 10.1. The average Bonchev–Trinajstić information content (AvgIpc) is 2.66. The van der Waals surface area contributed by atoms with Crippen LogP contribution in [-0.4, -0.2) is 36.6 Å². The highest BCUT2D eigenvalue weighted by atomic mass is 32.2. The average molecular weight is 448 g/mol. The zero-order valence-corrected chi connectivity index (χ0v) is 19.3. The molecule has 0 radical (unpaired) electrons. The molecule has 0 aliphatic heterocycles. The second-order valence-corrected chi connectivity index (χ2v) is 10.3. The highest BCUT2D eigenvalue weighted by Crippen LogP contribution is 2.22. The van der Waals surface area contributed by atoms with Crippen LogP contribution in [0.2, 0.25) is 0 Å². The van der Waals surface area contributed by atoms with Crippen molar-refractivity contribution in [2.24, 2.45) is 11.8 Å². The van der Waals surface area contributed by atoms with Gasteiger partial charge in [0.15, 0.2) is 0 Å². The molecule has 0 aromatic heterocycles. The fraction of sp³-hybridized carbons (Fsp3) is 0.409. The summed E-state index contributed by atoms with van der Waals surface area (Å²) >= 11 is 0. The molecule has 0 saturated carbocycles. The van der Waals surface area contributed by atoms with Crippen molar-refractivity contribution in [2.45, 2.75) is 39.5 Å². The number of hydrogen-bond donors (Lipinski definition) is 1. The first-order valence-corrected chi connectivity index (χ1v) is 11.5.